The normalized spacial score (nSPS) is 18.3. The predicted molar refractivity (Wildman–Crippen MR) is 80.8 cm³/mol. The van der Waals surface area contributed by atoms with E-state index in [4.69, 9.17) is 17.3 Å². The number of nitrogens with two attached hydrogens (primary N) is 1. The number of nitrogen functional groups attached to an aromatic ring is 1. The summed E-state index contributed by atoms with van der Waals surface area (Å²) in [5.41, 5.74) is 5.61. The molecule has 0 heterocycles. The Morgan fingerprint density at radius 2 is 1.95 bits per heavy atom. The van der Waals surface area contributed by atoms with Crippen LogP contribution in [0.5, 0.6) is 0 Å². The molecule has 1 aromatic rings. The first kappa shape index (κ1) is 15.1. The molecule has 110 valence electrons. The van der Waals surface area contributed by atoms with Gasteiger partial charge in [0.2, 0.25) is 0 Å². The molecule has 20 heavy (non-hydrogen) atoms. The van der Waals surface area contributed by atoms with Gasteiger partial charge in [-0.1, -0.05) is 43.4 Å². The molecule has 0 unspecified atom stereocenters. The quantitative estimate of drug-likeness (QED) is 0.593. The van der Waals surface area contributed by atoms with Gasteiger partial charge in [0.25, 0.3) is 5.91 Å². The first-order chi connectivity index (χ1) is 9.52. The van der Waals surface area contributed by atoms with Crippen molar-refractivity contribution >= 4 is 23.2 Å². The van der Waals surface area contributed by atoms with Gasteiger partial charge >= 0.3 is 0 Å². The van der Waals surface area contributed by atoms with Gasteiger partial charge < -0.3 is 16.2 Å². The zero-order valence-corrected chi connectivity index (χ0v) is 12.2. The van der Waals surface area contributed by atoms with E-state index in [2.05, 4.69) is 5.32 Å². The van der Waals surface area contributed by atoms with Crippen LogP contribution in [0.15, 0.2) is 18.2 Å². The standard InChI is InChI=1S/C15H21ClN2O2/c16-11-6-5-7-12(17)13(11)14(19)18-10-15(20)8-3-1-2-4-9-15/h5-7,20H,1-4,8-10,17H2,(H,18,19). The minimum Gasteiger partial charge on any atom is -0.398 e. The molecule has 0 bridgehead atoms. The Bertz CT molecular complexity index is 463. The summed E-state index contributed by atoms with van der Waals surface area (Å²) in [6.45, 7) is 0.247. The zero-order chi connectivity index (χ0) is 14.6. The number of nitrogens with one attached hydrogen (secondary N) is 1. The van der Waals surface area contributed by atoms with Crippen LogP contribution in [0.2, 0.25) is 5.02 Å². The Hall–Kier alpha value is -1.26. The highest BCUT2D eigenvalue weighted by Gasteiger charge is 2.29. The highest BCUT2D eigenvalue weighted by atomic mass is 35.5. The number of halogens is 1. The largest absolute Gasteiger partial charge is 0.398 e. The van der Waals surface area contributed by atoms with E-state index < -0.39 is 5.60 Å². The third-order valence-electron chi connectivity index (χ3n) is 3.89. The summed E-state index contributed by atoms with van der Waals surface area (Å²) in [6.07, 6.45) is 5.75. The molecule has 1 fully saturated rings. The number of carbonyl (C=O) groups excluding carboxylic acids is 1. The Kier molecular flexibility index (Phi) is 4.89. The molecular formula is C15H21ClN2O2. The maximum atomic E-state index is 12.2. The lowest BCUT2D eigenvalue weighted by molar-refractivity contribution is 0.0246. The van der Waals surface area contributed by atoms with E-state index in [1.807, 2.05) is 0 Å². The second-order valence-electron chi connectivity index (χ2n) is 5.53. The molecular weight excluding hydrogens is 276 g/mol. The minimum absolute atomic E-state index is 0.247. The van der Waals surface area contributed by atoms with Crippen LogP contribution in [0.3, 0.4) is 0 Å². The maximum Gasteiger partial charge on any atom is 0.254 e. The van der Waals surface area contributed by atoms with Crippen molar-refractivity contribution in [1.82, 2.24) is 5.32 Å². The van der Waals surface area contributed by atoms with E-state index in [1.54, 1.807) is 18.2 Å². The highest BCUT2D eigenvalue weighted by molar-refractivity contribution is 6.34. The van der Waals surface area contributed by atoms with Crippen LogP contribution in [-0.2, 0) is 0 Å². The van der Waals surface area contributed by atoms with Crippen molar-refractivity contribution in [2.24, 2.45) is 0 Å². The van der Waals surface area contributed by atoms with Gasteiger partial charge in [0, 0.05) is 12.2 Å². The minimum atomic E-state index is -0.803. The van der Waals surface area contributed by atoms with Gasteiger partial charge in [-0.25, -0.2) is 0 Å². The molecule has 0 atom stereocenters. The molecule has 1 amide bonds. The molecule has 0 saturated heterocycles. The molecule has 1 aromatic carbocycles. The van der Waals surface area contributed by atoms with Crippen molar-refractivity contribution in [1.29, 1.82) is 0 Å². The van der Waals surface area contributed by atoms with Crippen LogP contribution in [0, 0.1) is 0 Å². The number of aliphatic hydroxyl groups is 1. The molecule has 2 rings (SSSR count). The lowest BCUT2D eigenvalue weighted by atomic mass is 9.94. The van der Waals surface area contributed by atoms with E-state index in [9.17, 15) is 9.90 Å². The first-order valence-electron chi connectivity index (χ1n) is 7.06. The van der Waals surface area contributed by atoms with Gasteiger partial charge in [-0.3, -0.25) is 4.79 Å². The monoisotopic (exact) mass is 296 g/mol. The zero-order valence-electron chi connectivity index (χ0n) is 11.5. The summed E-state index contributed by atoms with van der Waals surface area (Å²) in [7, 11) is 0. The average Bonchev–Trinajstić information content (AvgIpc) is 2.62. The average molecular weight is 297 g/mol. The number of hydrogen-bond acceptors (Lipinski definition) is 3. The molecule has 0 aromatic heterocycles. The number of benzene rings is 1. The van der Waals surface area contributed by atoms with Crippen molar-refractivity contribution in [2.75, 3.05) is 12.3 Å². The fraction of sp³-hybridized carbons (Fsp3) is 0.533. The molecule has 0 spiro atoms. The smallest absolute Gasteiger partial charge is 0.254 e. The second-order valence-corrected chi connectivity index (χ2v) is 5.93. The van der Waals surface area contributed by atoms with E-state index >= 15 is 0 Å². The number of anilines is 1. The van der Waals surface area contributed by atoms with Gasteiger partial charge in [-0.2, -0.15) is 0 Å². The SMILES string of the molecule is Nc1cccc(Cl)c1C(=O)NCC1(O)CCCCCC1. The van der Waals surface area contributed by atoms with E-state index in [0.29, 0.717) is 10.7 Å². The van der Waals surface area contributed by atoms with Crippen LogP contribution in [0.25, 0.3) is 0 Å². The Balaban J connectivity index is 2.01. The van der Waals surface area contributed by atoms with E-state index in [1.165, 1.54) is 0 Å². The lowest BCUT2D eigenvalue weighted by Gasteiger charge is -2.27. The predicted octanol–water partition coefficient (Wildman–Crippen LogP) is 2.74. The molecule has 1 aliphatic rings. The fourth-order valence-corrected chi connectivity index (χ4v) is 2.94. The number of amides is 1. The lowest BCUT2D eigenvalue weighted by Crippen LogP contribution is -2.42. The second kappa shape index (κ2) is 6.46. The summed E-state index contributed by atoms with van der Waals surface area (Å²) in [4.78, 5) is 12.2. The first-order valence-corrected chi connectivity index (χ1v) is 7.44. The van der Waals surface area contributed by atoms with Crippen LogP contribution < -0.4 is 11.1 Å². The fourth-order valence-electron chi connectivity index (χ4n) is 2.68. The van der Waals surface area contributed by atoms with E-state index in [-0.39, 0.29) is 18.0 Å². The van der Waals surface area contributed by atoms with Gasteiger partial charge in [-0.15, -0.1) is 0 Å². The molecule has 0 radical (unpaired) electrons. The van der Waals surface area contributed by atoms with Crippen molar-refractivity contribution in [3.8, 4) is 0 Å². The van der Waals surface area contributed by atoms with Crippen molar-refractivity contribution in [2.45, 2.75) is 44.1 Å². The highest BCUT2D eigenvalue weighted by Crippen LogP contribution is 2.27. The Morgan fingerprint density at radius 1 is 1.30 bits per heavy atom. The Labute approximate surface area is 124 Å². The molecule has 4 N–H and O–H groups in total. The number of rotatable bonds is 3. The number of hydrogen-bond donors (Lipinski definition) is 3. The summed E-state index contributed by atoms with van der Waals surface area (Å²) in [5, 5.41) is 13.6. The van der Waals surface area contributed by atoms with Crippen molar-refractivity contribution in [3.05, 3.63) is 28.8 Å². The van der Waals surface area contributed by atoms with E-state index in [0.717, 1.165) is 38.5 Å². The summed E-state index contributed by atoms with van der Waals surface area (Å²) in [5.74, 6) is -0.328. The topological polar surface area (TPSA) is 75.4 Å². The van der Waals surface area contributed by atoms with Crippen LogP contribution >= 0.6 is 11.6 Å². The third kappa shape index (κ3) is 3.64. The van der Waals surface area contributed by atoms with Crippen LogP contribution in [0.4, 0.5) is 5.69 Å². The maximum absolute atomic E-state index is 12.2. The number of carbonyl (C=O) groups is 1. The Morgan fingerprint density at radius 3 is 2.55 bits per heavy atom. The van der Waals surface area contributed by atoms with Crippen LogP contribution in [-0.4, -0.2) is 23.2 Å². The van der Waals surface area contributed by atoms with Gasteiger partial charge in [-0.05, 0) is 25.0 Å². The third-order valence-corrected chi connectivity index (χ3v) is 4.20. The van der Waals surface area contributed by atoms with Gasteiger partial charge in [0.05, 0.1) is 16.2 Å². The van der Waals surface area contributed by atoms with Gasteiger partial charge in [0.15, 0.2) is 0 Å². The van der Waals surface area contributed by atoms with Crippen molar-refractivity contribution < 1.29 is 9.90 Å². The molecule has 4 nitrogen and oxygen atoms in total. The molecule has 5 heteroatoms. The molecule has 1 saturated carbocycles. The summed E-state index contributed by atoms with van der Waals surface area (Å²) in [6, 6.07) is 4.97. The molecule has 1 aliphatic carbocycles. The van der Waals surface area contributed by atoms with Crippen molar-refractivity contribution in [3.63, 3.8) is 0 Å². The van der Waals surface area contributed by atoms with Gasteiger partial charge in [0.1, 0.15) is 0 Å². The van der Waals surface area contributed by atoms with Crippen LogP contribution in [0.1, 0.15) is 48.9 Å². The summed E-state index contributed by atoms with van der Waals surface area (Å²) < 4.78 is 0. The summed E-state index contributed by atoms with van der Waals surface area (Å²) >= 11 is 6.00. The molecule has 0 aliphatic heterocycles.